The van der Waals surface area contributed by atoms with Crippen molar-refractivity contribution < 1.29 is 23.8 Å². The molecule has 0 fully saturated rings. The summed E-state index contributed by atoms with van der Waals surface area (Å²) in [5, 5.41) is 9.32. The summed E-state index contributed by atoms with van der Waals surface area (Å²) in [5.41, 5.74) is 3.49. The molecule has 140 valence electrons. The molecule has 2 aromatic carbocycles. The van der Waals surface area contributed by atoms with Crippen LogP contribution in [0.5, 0.6) is 11.5 Å². The lowest BCUT2D eigenvalue weighted by molar-refractivity contribution is -0.137. The van der Waals surface area contributed by atoms with Gasteiger partial charge in [0.2, 0.25) is 5.89 Å². The zero-order valence-electron chi connectivity index (χ0n) is 15.4. The number of hydrogen-bond acceptors (Lipinski definition) is 5. The summed E-state index contributed by atoms with van der Waals surface area (Å²) in [6, 6.07) is 11.5. The summed E-state index contributed by atoms with van der Waals surface area (Å²) in [7, 11) is 3.23. The van der Waals surface area contributed by atoms with Gasteiger partial charge in [-0.05, 0) is 35.7 Å². The smallest absolute Gasteiger partial charge is 0.304 e. The molecule has 0 radical (unpaired) electrons. The van der Waals surface area contributed by atoms with Gasteiger partial charge in [-0.2, -0.15) is 0 Å². The molecule has 27 heavy (non-hydrogen) atoms. The Labute approximate surface area is 157 Å². The lowest BCUT2D eigenvalue weighted by Gasteiger charge is -2.17. The van der Waals surface area contributed by atoms with Gasteiger partial charge in [0.25, 0.3) is 0 Å². The molecule has 1 heterocycles. The Morgan fingerprint density at radius 3 is 2.44 bits per heavy atom. The molecule has 3 rings (SSSR count). The van der Waals surface area contributed by atoms with Gasteiger partial charge in [0.05, 0.1) is 38.3 Å². The van der Waals surface area contributed by atoms with Crippen molar-refractivity contribution >= 4 is 5.97 Å². The molecular formula is C21H21NO5. The van der Waals surface area contributed by atoms with Crippen molar-refractivity contribution in [1.82, 2.24) is 4.98 Å². The summed E-state index contributed by atoms with van der Waals surface area (Å²) in [6.45, 7) is 1.97. The van der Waals surface area contributed by atoms with Crippen LogP contribution in [0.25, 0.3) is 11.1 Å². The average Bonchev–Trinajstić information content (AvgIpc) is 3.19. The van der Waals surface area contributed by atoms with E-state index in [9.17, 15) is 9.90 Å². The van der Waals surface area contributed by atoms with Gasteiger partial charge in [0.1, 0.15) is 17.8 Å². The SMILES string of the molecule is COc1cc(C)cc(OC)c1-c1cccc(C(CC(=O)O)c2ncco2)c1. The Morgan fingerprint density at radius 1 is 1.19 bits per heavy atom. The molecule has 1 atom stereocenters. The Hall–Kier alpha value is -3.28. The number of aliphatic carboxylic acids is 1. The summed E-state index contributed by atoms with van der Waals surface area (Å²) in [6.07, 6.45) is 2.84. The van der Waals surface area contributed by atoms with Crippen LogP contribution in [-0.4, -0.2) is 30.3 Å². The summed E-state index contributed by atoms with van der Waals surface area (Å²) in [5.74, 6) is 0.344. The van der Waals surface area contributed by atoms with Crippen molar-refractivity contribution in [3.05, 3.63) is 65.9 Å². The number of carbonyl (C=O) groups is 1. The fourth-order valence-corrected chi connectivity index (χ4v) is 3.17. The van der Waals surface area contributed by atoms with Crippen LogP contribution in [0.4, 0.5) is 0 Å². The highest BCUT2D eigenvalue weighted by Crippen LogP contribution is 2.41. The number of carboxylic acids is 1. The molecular weight excluding hydrogens is 346 g/mol. The molecule has 0 saturated heterocycles. The number of methoxy groups -OCH3 is 2. The van der Waals surface area contributed by atoms with E-state index in [4.69, 9.17) is 13.9 Å². The van der Waals surface area contributed by atoms with E-state index in [0.29, 0.717) is 17.4 Å². The first kappa shape index (κ1) is 18.5. The molecule has 3 aromatic rings. The minimum Gasteiger partial charge on any atom is -0.496 e. The lowest BCUT2D eigenvalue weighted by atomic mass is 9.91. The predicted octanol–water partition coefficient (Wildman–Crippen LogP) is 4.27. The predicted molar refractivity (Wildman–Crippen MR) is 100 cm³/mol. The van der Waals surface area contributed by atoms with E-state index < -0.39 is 11.9 Å². The van der Waals surface area contributed by atoms with Gasteiger partial charge in [-0.15, -0.1) is 0 Å². The first-order chi connectivity index (χ1) is 13.0. The molecule has 6 heteroatoms. The van der Waals surface area contributed by atoms with Crippen LogP contribution in [0.15, 0.2) is 53.3 Å². The fourth-order valence-electron chi connectivity index (χ4n) is 3.17. The summed E-state index contributed by atoms with van der Waals surface area (Å²) >= 11 is 0. The van der Waals surface area contributed by atoms with Gasteiger partial charge in [-0.3, -0.25) is 4.79 Å². The second kappa shape index (κ2) is 7.95. The van der Waals surface area contributed by atoms with Crippen LogP contribution >= 0.6 is 0 Å². The number of aromatic nitrogens is 1. The van der Waals surface area contributed by atoms with E-state index in [1.54, 1.807) is 14.2 Å². The number of aryl methyl sites for hydroxylation is 1. The topological polar surface area (TPSA) is 81.8 Å². The highest BCUT2D eigenvalue weighted by molar-refractivity contribution is 5.78. The third-order valence-electron chi connectivity index (χ3n) is 4.36. The van der Waals surface area contributed by atoms with E-state index in [2.05, 4.69) is 4.98 Å². The second-order valence-electron chi connectivity index (χ2n) is 6.19. The third-order valence-corrected chi connectivity index (χ3v) is 4.36. The monoisotopic (exact) mass is 367 g/mol. The normalized spacial score (nSPS) is 11.8. The number of ether oxygens (including phenoxy) is 2. The maximum atomic E-state index is 11.4. The number of rotatable bonds is 7. The van der Waals surface area contributed by atoms with Gasteiger partial charge in [0.15, 0.2) is 0 Å². The van der Waals surface area contributed by atoms with E-state index in [0.717, 1.165) is 22.3 Å². The van der Waals surface area contributed by atoms with Gasteiger partial charge in [-0.25, -0.2) is 4.98 Å². The van der Waals surface area contributed by atoms with Crippen LogP contribution in [0.1, 0.15) is 29.4 Å². The number of nitrogens with zero attached hydrogens (tertiary/aromatic N) is 1. The van der Waals surface area contributed by atoms with E-state index in [1.165, 1.54) is 12.5 Å². The van der Waals surface area contributed by atoms with E-state index in [1.807, 2.05) is 43.3 Å². The van der Waals surface area contributed by atoms with Crippen LogP contribution in [0, 0.1) is 6.92 Å². The lowest BCUT2D eigenvalue weighted by Crippen LogP contribution is -2.08. The van der Waals surface area contributed by atoms with Gasteiger partial charge in [0, 0.05) is 0 Å². The van der Waals surface area contributed by atoms with Crippen LogP contribution in [0.2, 0.25) is 0 Å². The Kier molecular flexibility index (Phi) is 5.45. The second-order valence-corrected chi connectivity index (χ2v) is 6.19. The molecule has 0 bridgehead atoms. The largest absolute Gasteiger partial charge is 0.496 e. The zero-order chi connectivity index (χ0) is 19.4. The fraction of sp³-hybridized carbons (Fsp3) is 0.238. The first-order valence-corrected chi connectivity index (χ1v) is 8.47. The maximum absolute atomic E-state index is 11.4. The molecule has 1 unspecified atom stereocenters. The van der Waals surface area contributed by atoms with Crippen molar-refractivity contribution in [2.75, 3.05) is 14.2 Å². The van der Waals surface area contributed by atoms with E-state index >= 15 is 0 Å². The van der Waals surface area contributed by atoms with Crippen LogP contribution in [-0.2, 0) is 4.79 Å². The summed E-state index contributed by atoms with van der Waals surface area (Å²) < 4.78 is 16.5. The van der Waals surface area contributed by atoms with Crippen molar-refractivity contribution in [3.63, 3.8) is 0 Å². The summed E-state index contributed by atoms with van der Waals surface area (Å²) in [4.78, 5) is 15.5. The highest BCUT2D eigenvalue weighted by Gasteiger charge is 2.23. The molecule has 1 aromatic heterocycles. The Balaban J connectivity index is 2.12. The number of hydrogen-bond donors (Lipinski definition) is 1. The van der Waals surface area contributed by atoms with Gasteiger partial charge in [-0.1, -0.05) is 24.3 Å². The van der Waals surface area contributed by atoms with E-state index in [-0.39, 0.29) is 6.42 Å². The van der Waals surface area contributed by atoms with Crippen molar-refractivity contribution in [2.24, 2.45) is 0 Å². The van der Waals surface area contributed by atoms with Crippen LogP contribution < -0.4 is 9.47 Å². The van der Waals surface area contributed by atoms with Crippen molar-refractivity contribution in [2.45, 2.75) is 19.3 Å². The minimum atomic E-state index is -0.922. The Bertz CT molecular complexity index is 908. The number of carboxylic acid groups (broad SMARTS) is 1. The molecule has 0 aliphatic carbocycles. The quantitative estimate of drug-likeness (QED) is 0.671. The van der Waals surface area contributed by atoms with Gasteiger partial charge >= 0.3 is 5.97 Å². The highest BCUT2D eigenvalue weighted by atomic mass is 16.5. The number of oxazole rings is 1. The number of benzene rings is 2. The molecule has 0 aliphatic heterocycles. The molecule has 0 amide bonds. The van der Waals surface area contributed by atoms with Crippen molar-refractivity contribution in [3.8, 4) is 22.6 Å². The minimum absolute atomic E-state index is 0.119. The average molecular weight is 367 g/mol. The molecule has 0 aliphatic rings. The molecule has 0 saturated carbocycles. The maximum Gasteiger partial charge on any atom is 0.304 e. The molecule has 1 N–H and O–H groups in total. The molecule has 0 spiro atoms. The van der Waals surface area contributed by atoms with Crippen molar-refractivity contribution in [1.29, 1.82) is 0 Å². The van der Waals surface area contributed by atoms with Gasteiger partial charge < -0.3 is 19.0 Å². The Morgan fingerprint density at radius 2 is 1.89 bits per heavy atom. The standard InChI is InChI=1S/C21H21NO5/c1-13-9-17(25-2)20(18(10-13)26-3)15-6-4-5-14(11-15)16(12-19(23)24)21-22-7-8-27-21/h4-11,16H,12H2,1-3H3,(H,23,24). The van der Waals surface area contributed by atoms with Crippen LogP contribution in [0.3, 0.4) is 0 Å². The zero-order valence-corrected chi connectivity index (χ0v) is 15.4. The first-order valence-electron chi connectivity index (χ1n) is 8.47. The molecule has 6 nitrogen and oxygen atoms in total. The third kappa shape index (κ3) is 3.95.